The van der Waals surface area contributed by atoms with Gasteiger partial charge in [0.25, 0.3) is 10.0 Å². The van der Waals surface area contributed by atoms with Gasteiger partial charge in [-0.2, -0.15) is 0 Å². The molecule has 0 radical (unpaired) electrons. The Hall–Kier alpha value is -2.88. The molecule has 1 saturated heterocycles. The molecule has 174 valence electrons. The van der Waals surface area contributed by atoms with Crippen molar-refractivity contribution in [1.29, 1.82) is 0 Å². The van der Waals surface area contributed by atoms with Crippen molar-refractivity contribution in [2.75, 3.05) is 13.1 Å². The van der Waals surface area contributed by atoms with Gasteiger partial charge in [0.1, 0.15) is 6.04 Å². The Morgan fingerprint density at radius 2 is 1.88 bits per heavy atom. The lowest BCUT2D eigenvalue weighted by Gasteiger charge is -2.44. The van der Waals surface area contributed by atoms with Gasteiger partial charge in [-0.1, -0.05) is 31.5 Å². The number of rotatable bonds is 5. The van der Waals surface area contributed by atoms with Gasteiger partial charge >= 0.3 is 0 Å². The van der Waals surface area contributed by atoms with Crippen LogP contribution in [0.4, 0.5) is 0 Å². The first kappa shape index (κ1) is 23.8. The highest BCUT2D eigenvalue weighted by Crippen LogP contribution is 2.30. The summed E-state index contributed by atoms with van der Waals surface area (Å²) < 4.78 is 27.3. The fourth-order valence-corrected chi connectivity index (χ4v) is 5.54. The van der Waals surface area contributed by atoms with Gasteiger partial charge in [0.05, 0.1) is 11.3 Å². The molecule has 0 aromatic heterocycles. The van der Waals surface area contributed by atoms with Gasteiger partial charge < -0.3 is 15.5 Å². The molecular weight excluding hydrogens is 432 g/mol. The predicted molar refractivity (Wildman–Crippen MR) is 118 cm³/mol. The van der Waals surface area contributed by atoms with Crippen LogP contribution in [0.15, 0.2) is 41.6 Å². The van der Waals surface area contributed by atoms with Gasteiger partial charge in [-0.05, 0) is 25.5 Å². The summed E-state index contributed by atoms with van der Waals surface area (Å²) in [6.45, 7) is 8.35. The number of hydrogen-bond acceptors (Lipinski definition) is 5. The van der Waals surface area contributed by atoms with Gasteiger partial charge in [-0.3, -0.25) is 18.7 Å². The quantitative estimate of drug-likeness (QED) is 0.680. The molecule has 2 heterocycles. The molecule has 1 unspecified atom stereocenters. The van der Waals surface area contributed by atoms with E-state index in [0.29, 0.717) is 19.5 Å². The Morgan fingerprint density at radius 1 is 1.22 bits per heavy atom. The van der Waals surface area contributed by atoms with Crippen molar-refractivity contribution in [2.24, 2.45) is 5.41 Å². The Balaban J connectivity index is 1.75. The first-order valence-electron chi connectivity index (χ1n) is 10.5. The summed E-state index contributed by atoms with van der Waals surface area (Å²) in [4.78, 5) is 38.9. The van der Waals surface area contributed by atoms with Crippen molar-refractivity contribution in [3.63, 3.8) is 0 Å². The lowest BCUT2D eigenvalue weighted by Crippen LogP contribution is -2.57. The second-order valence-electron chi connectivity index (χ2n) is 9.03. The van der Waals surface area contributed by atoms with Gasteiger partial charge in [0, 0.05) is 43.9 Å². The molecule has 1 fully saturated rings. The van der Waals surface area contributed by atoms with Crippen molar-refractivity contribution in [1.82, 2.24) is 19.8 Å². The number of aryl methyl sites for hydroxylation is 1. The van der Waals surface area contributed by atoms with E-state index < -0.39 is 27.9 Å². The number of carbonyl (C=O) groups excluding carboxylic acids is 3. The third kappa shape index (κ3) is 4.95. The first-order chi connectivity index (χ1) is 14.9. The minimum Gasteiger partial charge on any atom is -0.353 e. The van der Waals surface area contributed by atoms with Crippen LogP contribution in [-0.4, -0.2) is 60.5 Å². The van der Waals surface area contributed by atoms with E-state index in [1.54, 1.807) is 17.0 Å². The van der Waals surface area contributed by atoms with E-state index in [2.05, 4.69) is 10.6 Å². The number of hydrogen-bond donors (Lipinski definition) is 2. The number of carbonyl (C=O) groups is 3. The average molecular weight is 463 g/mol. The first-order valence-corrected chi connectivity index (χ1v) is 12.0. The summed E-state index contributed by atoms with van der Waals surface area (Å²) >= 11 is 0. The number of sulfonamides is 1. The molecule has 3 amide bonds. The Labute approximate surface area is 188 Å². The summed E-state index contributed by atoms with van der Waals surface area (Å²) in [5, 5.41) is 5.44. The van der Waals surface area contributed by atoms with Gasteiger partial charge in [0.2, 0.25) is 17.7 Å². The van der Waals surface area contributed by atoms with E-state index >= 15 is 0 Å². The summed E-state index contributed by atoms with van der Waals surface area (Å²) in [6.07, 6.45) is 2.79. The number of likely N-dealkylation sites (tertiary alicyclic amines) is 1. The molecule has 2 atom stereocenters. The number of piperidine rings is 1. The van der Waals surface area contributed by atoms with Crippen molar-refractivity contribution >= 4 is 27.7 Å². The molecule has 2 aliphatic heterocycles. The summed E-state index contributed by atoms with van der Waals surface area (Å²) in [5.74, 6) is -0.992. The number of benzene rings is 1. The molecule has 2 aliphatic rings. The van der Waals surface area contributed by atoms with Crippen LogP contribution < -0.4 is 10.6 Å². The van der Waals surface area contributed by atoms with E-state index in [4.69, 9.17) is 0 Å². The maximum atomic E-state index is 13.2. The summed E-state index contributed by atoms with van der Waals surface area (Å²) in [6, 6.07) is 4.91. The largest absolute Gasteiger partial charge is 0.353 e. The molecule has 0 bridgehead atoms. The minimum atomic E-state index is -4.02. The zero-order chi connectivity index (χ0) is 23.7. The molecule has 0 aliphatic carbocycles. The highest BCUT2D eigenvalue weighted by atomic mass is 32.2. The lowest BCUT2D eigenvalue weighted by molar-refractivity contribution is -0.134. The number of amides is 3. The average Bonchev–Trinajstić information content (AvgIpc) is 2.71. The molecule has 0 spiro atoms. The number of nitrogens with zero attached hydrogens (tertiary/aromatic N) is 2. The topological polar surface area (TPSA) is 116 Å². The molecule has 3 rings (SSSR count). The van der Waals surface area contributed by atoms with Gasteiger partial charge in [-0.25, -0.2) is 8.42 Å². The highest BCUT2D eigenvalue weighted by Gasteiger charge is 2.40. The molecule has 0 saturated carbocycles. The normalized spacial score (nSPS) is 22.9. The predicted octanol–water partition coefficient (Wildman–Crippen LogP) is 1.11. The molecule has 10 heteroatoms. The molecule has 1 aromatic carbocycles. The highest BCUT2D eigenvalue weighted by molar-refractivity contribution is 7.89. The monoisotopic (exact) mass is 462 g/mol. The van der Waals surface area contributed by atoms with Crippen LogP contribution in [0.25, 0.3) is 0 Å². The maximum Gasteiger partial charge on any atom is 0.264 e. The second kappa shape index (κ2) is 8.93. The SMILES string of the molecule is CC(=O)N1CCC(NC(=O)C[C@@H]2C(=O)NC=CN2S(=O)(=O)c2ccc(C)cc2)C(C)(C)C1. The van der Waals surface area contributed by atoms with Crippen molar-refractivity contribution in [2.45, 2.75) is 57.5 Å². The molecule has 1 aromatic rings. The molecule has 32 heavy (non-hydrogen) atoms. The lowest BCUT2D eigenvalue weighted by atomic mass is 9.79. The van der Waals surface area contributed by atoms with Gasteiger partial charge in [-0.15, -0.1) is 0 Å². The zero-order valence-electron chi connectivity index (χ0n) is 18.8. The van der Waals surface area contributed by atoms with E-state index in [9.17, 15) is 22.8 Å². The maximum absolute atomic E-state index is 13.2. The fraction of sp³-hybridized carbons (Fsp3) is 0.500. The smallest absolute Gasteiger partial charge is 0.264 e. The van der Waals surface area contributed by atoms with Crippen LogP contribution in [0, 0.1) is 12.3 Å². The molecule has 9 nitrogen and oxygen atoms in total. The van der Waals surface area contributed by atoms with E-state index in [0.717, 1.165) is 9.87 Å². The van der Waals surface area contributed by atoms with Crippen LogP contribution in [0.2, 0.25) is 0 Å². The zero-order valence-corrected chi connectivity index (χ0v) is 19.6. The van der Waals surface area contributed by atoms with Crippen LogP contribution in [0.5, 0.6) is 0 Å². The minimum absolute atomic E-state index is 0.00882. The summed E-state index contributed by atoms with van der Waals surface area (Å²) in [5.41, 5.74) is 0.548. The van der Waals surface area contributed by atoms with Crippen LogP contribution >= 0.6 is 0 Å². The second-order valence-corrected chi connectivity index (χ2v) is 10.9. The standard InChI is InChI=1S/C22H30N4O5S/c1-15-5-7-17(8-6-15)32(30,31)26-12-10-23-21(29)18(26)13-20(28)24-19-9-11-25(16(2)27)14-22(19,3)4/h5-8,10,12,18-19H,9,11,13-14H2,1-4H3,(H,23,29)(H,24,28)/t18-,19?/m1/s1. The van der Waals surface area contributed by atoms with Crippen molar-refractivity contribution in [3.8, 4) is 0 Å². The van der Waals surface area contributed by atoms with Crippen molar-refractivity contribution in [3.05, 3.63) is 42.2 Å². The van der Waals surface area contributed by atoms with E-state index in [1.807, 2.05) is 20.8 Å². The molecule has 2 N–H and O–H groups in total. The van der Waals surface area contributed by atoms with E-state index in [1.165, 1.54) is 31.5 Å². The molecular formula is C22H30N4O5S. The Kier molecular flexibility index (Phi) is 6.64. The fourth-order valence-electron chi connectivity index (χ4n) is 4.09. The van der Waals surface area contributed by atoms with Crippen molar-refractivity contribution < 1.29 is 22.8 Å². The summed E-state index contributed by atoms with van der Waals surface area (Å²) in [7, 11) is -4.02. The third-order valence-corrected chi connectivity index (χ3v) is 7.84. The Bertz CT molecular complexity index is 1030. The number of nitrogens with one attached hydrogen (secondary N) is 2. The van der Waals surface area contributed by atoms with E-state index in [-0.39, 0.29) is 28.7 Å². The van der Waals surface area contributed by atoms with Crippen LogP contribution in [0.1, 0.15) is 39.2 Å². The van der Waals surface area contributed by atoms with Crippen LogP contribution in [-0.2, 0) is 24.4 Å². The van der Waals surface area contributed by atoms with Gasteiger partial charge in [0.15, 0.2) is 0 Å². The third-order valence-electron chi connectivity index (χ3n) is 6.04. The van der Waals surface area contributed by atoms with Crippen LogP contribution in [0.3, 0.4) is 0 Å². The Morgan fingerprint density at radius 3 is 2.47 bits per heavy atom.